The molecule has 2 heterocycles. The Balaban J connectivity index is 1.93. The number of hydrogen-bond acceptors (Lipinski definition) is 5. The lowest BCUT2D eigenvalue weighted by Crippen LogP contribution is -2.30. The molecule has 1 amide bonds. The van der Waals surface area contributed by atoms with Gasteiger partial charge in [-0.25, -0.2) is 4.68 Å². The average molecular weight is 404 g/mol. The van der Waals surface area contributed by atoms with Crippen molar-refractivity contribution < 1.29 is 9.21 Å². The lowest BCUT2D eigenvalue weighted by molar-refractivity contribution is 0.0943. The summed E-state index contributed by atoms with van der Waals surface area (Å²) in [6.07, 6.45) is 0. The second-order valence-electron chi connectivity index (χ2n) is 5.96. The molecule has 1 aromatic carbocycles. The number of carbonyl (C=O) groups is 1. The van der Waals surface area contributed by atoms with E-state index in [-0.39, 0.29) is 11.9 Å². The van der Waals surface area contributed by atoms with Crippen molar-refractivity contribution in [2.75, 3.05) is 0 Å². The molecule has 0 radical (unpaired) electrons. The zero-order valence-corrected chi connectivity index (χ0v) is 16.0. The zero-order chi connectivity index (χ0) is 18.1. The number of benzene rings is 1. The SMILES string of the molecule is Cc1nnc(-c2nn(-c3ccc(C(=O)NC(C)C)cc3)c(C)c2Br)o1. The van der Waals surface area contributed by atoms with Crippen molar-refractivity contribution in [2.45, 2.75) is 33.7 Å². The number of aryl methyl sites for hydroxylation is 1. The fourth-order valence-electron chi connectivity index (χ4n) is 2.36. The third kappa shape index (κ3) is 3.48. The highest BCUT2D eigenvalue weighted by Gasteiger charge is 2.19. The lowest BCUT2D eigenvalue weighted by atomic mass is 10.2. The molecule has 3 rings (SSSR count). The first-order valence-electron chi connectivity index (χ1n) is 7.83. The summed E-state index contributed by atoms with van der Waals surface area (Å²) in [5, 5.41) is 15.3. The van der Waals surface area contributed by atoms with E-state index in [1.165, 1.54) is 0 Å². The number of halogens is 1. The summed E-state index contributed by atoms with van der Waals surface area (Å²) in [7, 11) is 0. The molecule has 0 bridgehead atoms. The van der Waals surface area contributed by atoms with Crippen LogP contribution in [0.1, 0.15) is 35.8 Å². The molecule has 3 aromatic rings. The van der Waals surface area contributed by atoms with Gasteiger partial charge in [0.1, 0.15) is 0 Å². The van der Waals surface area contributed by atoms with E-state index in [9.17, 15) is 4.79 Å². The van der Waals surface area contributed by atoms with Crippen LogP contribution in [0.25, 0.3) is 17.3 Å². The summed E-state index contributed by atoms with van der Waals surface area (Å²) in [5.74, 6) is 0.746. The molecule has 0 saturated heterocycles. The van der Waals surface area contributed by atoms with E-state index in [0.717, 1.165) is 15.9 Å². The van der Waals surface area contributed by atoms with Crippen molar-refractivity contribution in [3.05, 3.63) is 45.9 Å². The number of nitrogens with one attached hydrogen (secondary N) is 1. The maximum atomic E-state index is 12.0. The molecular formula is C17H18BrN5O2. The Morgan fingerprint density at radius 1 is 1.20 bits per heavy atom. The highest BCUT2D eigenvalue weighted by Crippen LogP contribution is 2.30. The molecule has 0 aliphatic carbocycles. The van der Waals surface area contributed by atoms with E-state index in [0.29, 0.717) is 23.0 Å². The van der Waals surface area contributed by atoms with Gasteiger partial charge < -0.3 is 9.73 Å². The van der Waals surface area contributed by atoms with E-state index in [2.05, 4.69) is 36.5 Å². The number of amides is 1. The Kier molecular flexibility index (Phi) is 4.71. The van der Waals surface area contributed by atoms with Crippen LogP contribution < -0.4 is 5.32 Å². The largest absolute Gasteiger partial charge is 0.420 e. The average Bonchev–Trinajstić information content (AvgIpc) is 3.12. The van der Waals surface area contributed by atoms with Gasteiger partial charge in [0, 0.05) is 18.5 Å². The van der Waals surface area contributed by atoms with Crippen molar-refractivity contribution >= 4 is 21.8 Å². The molecule has 1 N–H and O–H groups in total. The summed E-state index contributed by atoms with van der Waals surface area (Å²) >= 11 is 3.53. The molecule has 7 nitrogen and oxygen atoms in total. The number of carbonyl (C=O) groups excluding carboxylic acids is 1. The van der Waals surface area contributed by atoms with Crippen LogP contribution in [0.5, 0.6) is 0 Å². The first-order valence-corrected chi connectivity index (χ1v) is 8.63. The second-order valence-corrected chi connectivity index (χ2v) is 6.75. The van der Waals surface area contributed by atoms with Gasteiger partial charge in [-0.1, -0.05) is 0 Å². The first kappa shape index (κ1) is 17.3. The molecule has 0 fully saturated rings. The standard InChI is InChI=1S/C17H18BrN5O2/c1-9(2)19-16(24)12-5-7-13(8-6-12)23-10(3)14(18)15(22-23)17-21-20-11(4)25-17/h5-9H,1-4H3,(H,19,24). The maximum Gasteiger partial charge on any atom is 0.269 e. The number of nitrogens with zero attached hydrogens (tertiary/aromatic N) is 4. The van der Waals surface area contributed by atoms with E-state index in [4.69, 9.17) is 4.42 Å². The van der Waals surface area contributed by atoms with Crippen LogP contribution in [0.15, 0.2) is 33.2 Å². The Morgan fingerprint density at radius 2 is 1.88 bits per heavy atom. The minimum atomic E-state index is -0.0954. The van der Waals surface area contributed by atoms with Crippen LogP contribution in [0, 0.1) is 13.8 Å². The van der Waals surface area contributed by atoms with E-state index >= 15 is 0 Å². The monoisotopic (exact) mass is 403 g/mol. The highest BCUT2D eigenvalue weighted by molar-refractivity contribution is 9.10. The van der Waals surface area contributed by atoms with E-state index in [1.807, 2.05) is 32.9 Å². The Morgan fingerprint density at radius 3 is 2.44 bits per heavy atom. The smallest absolute Gasteiger partial charge is 0.269 e. The van der Waals surface area contributed by atoms with Gasteiger partial charge in [0.15, 0.2) is 5.69 Å². The summed E-state index contributed by atoms with van der Waals surface area (Å²) in [5.41, 5.74) is 2.92. The van der Waals surface area contributed by atoms with Gasteiger partial charge in [0.05, 0.1) is 15.9 Å². The third-order valence-electron chi connectivity index (χ3n) is 3.57. The van der Waals surface area contributed by atoms with E-state index < -0.39 is 0 Å². The van der Waals surface area contributed by atoms with Gasteiger partial charge in [-0.2, -0.15) is 5.10 Å². The van der Waals surface area contributed by atoms with Crippen LogP contribution in [0.2, 0.25) is 0 Å². The first-order chi connectivity index (χ1) is 11.9. The van der Waals surface area contributed by atoms with Crippen molar-refractivity contribution in [3.63, 3.8) is 0 Å². The van der Waals surface area contributed by atoms with Gasteiger partial charge >= 0.3 is 0 Å². The van der Waals surface area contributed by atoms with E-state index in [1.54, 1.807) is 23.7 Å². The molecule has 2 aromatic heterocycles. The molecule has 0 unspecified atom stereocenters. The van der Waals surface area contributed by atoms with Crippen molar-refractivity contribution in [2.24, 2.45) is 0 Å². The van der Waals surface area contributed by atoms with Gasteiger partial charge in [-0.3, -0.25) is 4.79 Å². The van der Waals surface area contributed by atoms with Gasteiger partial charge in [0.25, 0.3) is 11.8 Å². The molecule has 0 aliphatic heterocycles. The quantitative estimate of drug-likeness (QED) is 0.720. The van der Waals surface area contributed by atoms with Crippen LogP contribution in [0.4, 0.5) is 0 Å². The lowest BCUT2D eigenvalue weighted by Gasteiger charge is -2.09. The number of hydrogen-bond donors (Lipinski definition) is 1. The third-order valence-corrected chi connectivity index (χ3v) is 4.52. The van der Waals surface area contributed by atoms with Gasteiger partial charge in [-0.15, -0.1) is 10.2 Å². The molecular weight excluding hydrogens is 386 g/mol. The molecule has 8 heteroatoms. The van der Waals surface area contributed by atoms with Crippen LogP contribution in [-0.4, -0.2) is 31.9 Å². The topological polar surface area (TPSA) is 85.8 Å². The molecule has 0 saturated carbocycles. The Bertz CT molecular complexity index is 912. The number of rotatable bonds is 4. The maximum absolute atomic E-state index is 12.0. The fourth-order valence-corrected chi connectivity index (χ4v) is 2.78. The molecule has 25 heavy (non-hydrogen) atoms. The van der Waals surface area contributed by atoms with Gasteiger partial charge in [0.2, 0.25) is 5.89 Å². The Labute approximate surface area is 153 Å². The zero-order valence-electron chi connectivity index (χ0n) is 14.4. The summed E-state index contributed by atoms with van der Waals surface area (Å²) in [6.45, 7) is 7.52. The van der Waals surface area contributed by atoms with Crippen LogP contribution in [0.3, 0.4) is 0 Å². The molecule has 0 atom stereocenters. The van der Waals surface area contributed by atoms with Crippen LogP contribution >= 0.6 is 15.9 Å². The highest BCUT2D eigenvalue weighted by atomic mass is 79.9. The minimum Gasteiger partial charge on any atom is -0.420 e. The number of aromatic nitrogens is 4. The predicted octanol–water partition coefficient (Wildman–Crippen LogP) is 3.44. The van der Waals surface area contributed by atoms with Crippen molar-refractivity contribution in [3.8, 4) is 17.3 Å². The summed E-state index contributed by atoms with van der Waals surface area (Å²) in [4.78, 5) is 12.0. The van der Waals surface area contributed by atoms with Crippen molar-refractivity contribution in [1.82, 2.24) is 25.3 Å². The fraction of sp³-hybridized carbons (Fsp3) is 0.294. The molecule has 0 spiro atoms. The minimum absolute atomic E-state index is 0.0944. The molecule has 0 aliphatic rings. The summed E-state index contributed by atoms with van der Waals surface area (Å²) < 4.78 is 8.02. The second kappa shape index (κ2) is 6.79. The predicted molar refractivity (Wildman–Crippen MR) is 96.6 cm³/mol. The normalized spacial score (nSPS) is 11.1. The Hall–Kier alpha value is -2.48. The van der Waals surface area contributed by atoms with Crippen LogP contribution in [-0.2, 0) is 0 Å². The van der Waals surface area contributed by atoms with Crippen molar-refractivity contribution in [1.29, 1.82) is 0 Å². The molecule has 130 valence electrons. The van der Waals surface area contributed by atoms with Gasteiger partial charge in [-0.05, 0) is 61.0 Å². The summed E-state index contributed by atoms with van der Waals surface area (Å²) in [6, 6.07) is 7.35.